The van der Waals surface area contributed by atoms with E-state index in [1.807, 2.05) is 24.3 Å². The molecule has 0 radical (unpaired) electrons. The lowest BCUT2D eigenvalue weighted by atomic mass is 10.00. The molecule has 4 rings (SSSR count). The molecular weight excluding hydrogens is 436 g/mol. The summed E-state index contributed by atoms with van der Waals surface area (Å²) in [7, 11) is -2.70. The second kappa shape index (κ2) is 10.0. The number of aryl methyl sites for hydroxylation is 2. The fraction of sp³-hybridized carbons (Fsp3) is 0.333. The highest BCUT2D eigenvalue weighted by atomic mass is 28.4. The Bertz CT molecular complexity index is 1060. The molecule has 34 heavy (non-hydrogen) atoms. The van der Waals surface area contributed by atoms with Gasteiger partial charge in [-0.3, -0.25) is 0 Å². The molecule has 1 aliphatic rings. The number of hydrogen-bond acceptors (Lipinski definition) is 3. The Balaban J connectivity index is 1.67. The summed E-state index contributed by atoms with van der Waals surface area (Å²) in [5.41, 5.74) is 3.52. The SMILES string of the molecule is Cc1cc(C)cc([C@@H]2C=C[C@@H](O)[C@@H](CO[Si](c3ccccc3)(c3ccccc3)C(C)(C)C)O2)c1. The molecule has 0 amide bonds. The summed E-state index contributed by atoms with van der Waals surface area (Å²) in [4.78, 5) is 0. The van der Waals surface area contributed by atoms with E-state index in [9.17, 15) is 5.11 Å². The van der Waals surface area contributed by atoms with Crippen LogP contribution in [0.2, 0.25) is 5.04 Å². The van der Waals surface area contributed by atoms with E-state index < -0.39 is 20.5 Å². The zero-order chi connectivity index (χ0) is 24.3. The molecule has 1 N–H and O–H groups in total. The normalized spacial score (nSPS) is 20.9. The Morgan fingerprint density at radius 3 is 1.85 bits per heavy atom. The Kier molecular flexibility index (Phi) is 7.24. The molecule has 0 saturated carbocycles. The first-order chi connectivity index (χ1) is 16.2. The lowest BCUT2D eigenvalue weighted by molar-refractivity contribution is -0.0775. The van der Waals surface area contributed by atoms with Gasteiger partial charge in [0.05, 0.1) is 6.61 Å². The van der Waals surface area contributed by atoms with Crippen molar-refractivity contribution >= 4 is 18.7 Å². The maximum atomic E-state index is 10.8. The van der Waals surface area contributed by atoms with Crippen LogP contribution in [0.25, 0.3) is 0 Å². The lowest BCUT2D eigenvalue weighted by Gasteiger charge is -2.44. The Labute approximate surface area is 205 Å². The van der Waals surface area contributed by atoms with E-state index in [4.69, 9.17) is 9.16 Å². The van der Waals surface area contributed by atoms with Gasteiger partial charge in [0.15, 0.2) is 0 Å². The molecule has 1 aliphatic heterocycles. The highest BCUT2D eigenvalue weighted by molar-refractivity contribution is 6.99. The van der Waals surface area contributed by atoms with E-state index in [0.717, 1.165) is 5.56 Å². The molecule has 0 fully saturated rings. The van der Waals surface area contributed by atoms with Gasteiger partial charge in [-0.1, -0.05) is 123 Å². The molecule has 4 heteroatoms. The number of aliphatic hydroxyl groups is 1. The standard InChI is InChI=1S/C30H36O3Si/c1-22-18-23(2)20-24(19-22)28-17-16-27(31)29(33-28)21-32-34(30(3,4)5,25-12-8-6-9-13-25)26-14-10-7-11-15-26/h6-20,27-29,31H,21H2,1-5H3/t27-,28+,29-/m1/s1. The summed E-state index contributed by atoms with van der Waals surface area (Å²) in [6, 6.07) is 27.6. The molecule has 0 saturated heterocycles. The Hall–Kier alpha value is -2.50. The van der Waals surface area contributed by atoms with Gasteiger partial charge in [-0.25, -0.2) is 0 Å². The third-order valence-corrected chi connectivity index (χ3v) is 11.6. The molecule has 1 heterocycles. The predicted molar refractivity (Wildman–Crippen MR) is 142 cm³/mol. The van der Waals surface area contributed by atoms with Crippen molar-refractivity contribution in [2.24, 2.45) is 0 Å². The maximum Gasteiger partial charge on any atom is 0.261 e. The van der Waals surface area contributed by atoms with Crippen LogP contribution in [-0.2, 0) is 9.16 Å². The van der Waals surface area contributed by atoms with Crippen molar-refractivity contribution in [1.82, 2.24) is 0 Å². The molecule has 0 aromatic heterocycles. The summed E-state index contributed by atoms with van der Waals surface area (Å²) in [5.74, 6) is 0. The smallest absolute Gasteiger partial charge is 0.261 e. The lowest BCUT2D eigenvalue weighted by Crippen LogP contribution is -2.67. The minimum absolute atomic E-state index is 0.127. The number of benzene rings is 3. The highest BCUT2D eigenvalue weighted by Crippen LogP contribution is 2.37. The average molecular weight is 473 g/mol. The summed E-state index contributed by atoms with van der Waals surface area (Å²) >= 11 is 0. The molecule has 3 aromatic rings. The van der Waals surface area contributed by atoms with Crippen molar-refractivity contribution in [3.63, 3.8) is 0 Å². The summed E-state index contributed by atoms with van der Waals surface area (Å²) < 4.78 is 13.5. The van der Waals surface area contributed by atoms with E-state index in [2.05, 4.69) is 101 Å². The molecule has 3 aromatic carbocycles. The van der Waals surface area contributed by atoms with E-state index in [1.54, 1.807) is 0 Å². The second-order valence-corrected chi connectivity index (χ2v) is 14.7. The van der Waals surface area contributed by atoms with Gasteiger partial charge < -0.3 is 14.3 Å². The molecule has 3 atom stereocenters. The molecule has 0 aliphatic carbocycles. The van der Waals surface area contributed by atoms with Gasteiger partial charge in [0.1, 0.15) is 18.3 Å². The van der Waals surface area contributed by atoms with Gasteiger partial charge >= 0.3 is 0 Å². The number of hydrogen-bond donors (Lipinski definition) is 1. The van der Waals surface area contributed by atoms with E-state index in [1.165, 1.54) is 21.5 Å². The number of rotatable bonds is 6. The number of aliphatic hydroxyl groups excluding tert-OH is 1. The van der Waals surface area contributed by atoms with Gasteiger partial charge in [0.2, 0.25) is 0 Å². The van der Waals surface area contributed by atoms with Crippen LogP contribution >= 0.6 is 0 Å². The van der Waals surface area contributed by atoms with Gasteiger partial charge in [0, 0.05) is 0 Å². The quantitative estimate of drug-likeness (QED) is 0.394. The predicted octanol–water partition coefficient (Wildman–Crippen LogP) is 5.24. The van der Waals surface area contributed by atoms with Gasteiger partial charge in [-0.2, -0.15) is 0 Å². The van der Waals surface area contributed by atoms with Crippen LogP contribution in [0.15, 0.2) is 91.0 Å². The van der Waals surface area contributed by atoms with Gasteiger partial charge in [0.25, 0.3) is 8.32 Å². The molecule has 178 valence electrons. The molecular formula is C30H36O3Si. The first-order valence-electron chi connectivity index (χ1n) is 12.1. The Morgan fingerprint density at radius 2 is 1.35 bits per heavy atom. The summed E-state index contributed by atoms with van der Waals surface area (Å²) in [5, 5.41) is 13.1. The minimum Gasteiger partial charge on any atom is -0.405 e. The van der Waals surface area contributed by atoms with Crippen molar-refractivity contribution in [2.45, 2.75) is 58.0 Å². The highest BCUT2D eigenvalue weighted by Gasteiger charge is 2.50. The van der Waals surface area contributed by atoms with Crippen molar-refractivity contribution in [3.05, 3.63) is 108 Å². The van der Waals surface area contributed by atoms with Crippen molar-refractivity contribution < 1.29 is 14.3 Å². The maximum absolute atomic E-state index is 10.8. The zero-order valence-electron chi connectivity index (χ0n) is 20.9. The molecule has 0 bridgehead atoms. The van der Waals surface area contributed by atoms with Crippen LogP contribution in [0.3, 0.4) is 0 Å². The van der Waals surface area contributed by atoms with Crippen molar-refractivity contribution in [2.75, 3.05) is 6.61 Å². The van der Waals surface area contributed by atoms with Crippen molar-refractivity contribution in [1.29, 1.82) is 0 Å². The Morgan fingerprint density at radius 1 is 0.824 bits per heavy atom. The monoisotopic (exact) mass is 472 g/mol. The molecule has 0 unspecified atom stereocenters. The first kappa shape index (κ1) is 24.6. The molecule has 3 nitrogen and oxygen atoms in total. The topological polar surface area (TPSA) is 38.7 Å². The fourth-order valence-corrected chi connectivity index (χ4v) is 9.69. The van der Waals surface area contributed by atoms with Crippen LogP contribution in [0.5, 0.6) is 0 Å². The fourth-order valence-electron chi connectivity index (χ4n) is 5.12. The van der Waals surface area contributed by atoms with E-state index >= 15 is 0 Å². The molecule has 0 spiro atoms. The first-order valence-corrected chi connectivity index (χ1v) is 14.0. The van der Waals surface area contributed by atoms with Crippen LogP contribution in [-0.4, -0.2) is 32.2 Å². The third-order valence-electron chi connectivity index (χ3n) is 6.64. The van der Waals surface area contributed by atoms with Crippen LogP contribution < -0.4 is 10.4 Å². The van der Waals surface area contributed by atoms with Crippen LogP contribution in [0, 0.1) is 13.8 Å². The minimum atomic E-state index is -2.70. The van der Waals surface area contributed by atoms with E-state index in [-0.39, 0.29) is 11.1 Å². The van der Waals surface area contributed by atoms with Crippen LogP contribution in [0.4, 0.5) is 0 Å². The van der Waals surface area contributed by atoms with Gasteiger partial charge in [-0.15, -0.1) is 0 Å². The number of ether oxygens (including phenoxy) is 1. The van der Waals surface area contributed by atoms with Crippen molar-refractivity contribution in [3.8, 4) is 0 Å². The third kappa shape index (κ3) is 4.96. The zero-order valence-corrected chi connectivity index (χ0v) is 21.9. The van der Waals surface area contributed by atoms with Gasteiger partial charge in [-0.05, 0) is 34.8 Å². The second-order valence-electron chi connectivity index (χ2n) is 10.4. The average Bonchev–Trinajstić information content (AvgIpc) is 2.80. The van der Waals surface area contributed by atoms with Crippen LogP contribution in [0.1, 0.15) is 43.6 Å². The van der Waals surface area contributed by atoms with E-state index in [0.29, 0.717) is 6.61 Å². The summed E-state index contributed by atoms with van der Waals surface area (Å²) in [6.07, 6.45) is 2.45. The largest absolute Gasteiger partial charge is 0.405 e. The summed E-state index contributed by atoms with van der Waals surface area (Å²) in [6.45, 7) is 11.3.